The minimum absolute atomic E-state index is 0.0212. The predicted molar refractivity (Wildman–Crippen MR) is 124 cm³/mol. The van der Waals surface area contributed by atoms with Crippen molar-refractivity contribution in [2.75, 3.05) is 57.4 Å². The summed E-state index contributed by atoms with van der Waals surface area (Å²) in [5.41, 5.74) is 1.24. The van der Waals surface area contributed by atoms with Gasteiger partial charge < -0.3 is 19.4 Å². The lowest BCUT2D eigenvalue weighted by atomic mass is 9.73. The number of carbonyl (C=O) groups excluding carboxylic acids is 2. The number of benzene rings is 1. The third kappa shape index (κ3) is 4.19. The molecule has 3 saturated heterocycles. The summed E-state index contributed by atoms with van der Waals surface area (Å²) in [5.74, 6) is 0.908. The molecule has 1 aromatic heterocycles. The van der Waals surface area contributed by atoms with Crippen molar-refractivity contribution in [3.63, 3.8) is 0 Å². The molecule has 8 nitrogen and oxygen atoms in total. The highest BCUT2D eigenvalue weighted by Crippen LogP contribution is 2.45. The fourth-order valence-corrected chi connectivity index (χ4v) is 5.62. The normalized spacial score (nSPS) is 25.5. The minimum atomic E-state index is -0.543. The van der Waals surface area contributed by atoms with Crippen LogP contribution in [0, 0.1) is 18.3 Å². The lowest BCUT2D eigenvalue weighted by molar-refractivity contribution is -0.148. The Morgan fingerprint density at radius 1 is 1.03 bits per heavy atom. The van der Waals surface area contributed by atoms with E-state index in [2.05, 4.69) is 14.9 Å². The van der Waals surface area contributed by atoms with Gasteiger partial charge in [0.25, 0.3) is 5.91 Å². The van der Waals surface area contributed by atoms with Crippen LogP contribution < -0.4 is 4.90 Å². The van der Waals surface area contributed by atoms with Gasteiger partial charge in [-0.3, -0.25) is 9.59 Å². The number of carbonyl (C=O) groups is 2. The summed E-state index contributed by atoms with van der Waals surface area (Å²) in [6, 6.07) is 9.55. The van der Waals surface area contributed by atoms with Crippen LogP contribution in [0.2, 0.25) is 0 Å². The summed E-state index contributed by atoms with van der Waals surface area (Å²) >= 11 is 0. The second kappa shape index (κ2) is 9.09. The number of aryl methyl sites for hydroxylation is 1. The molecule has 0 aliphatic carbocycles. The molecular weight excluding hydrogens is 418 g/mol. The molecule has 2 aromatic rings. The average molecular weight is 450 g/mol. The largest absolute Gasteiger partial charge is 0.378 e. The van der Waals surface area contributed by atoms with Crippen LogP contribution >= 0.6 is 0 Å². The SMILES string of the molecule is Cc1cccc(C(=O)N2CCC[C@@]3(C(=O)N4CCOCC4)CN(c4ncccn4)C[C@H]3C2)c1. The zero-order valence-corrected chi connectivity index (χ0v) is 19.2. The van der Waals surface area contributed by atoms with Gasteiger partial charge in [0.15, 0.2) is 0 Å². The molecule has 5 rings (SSSR count). The summed E-state index contributed by atoms with van der Waals surface area (Å²) in [5, 5.41) is 0. The maximum Gasteiger partial charge on any atom is 0.253 e. The van der Waals surface area contributed by atoms with Gasteiger partial charge in [-0.2, -0.15) is 0 Å². The first-order chi connectivity index (χ1) is 16.1. The van der Waals surface area contributed by atoms with Crippen molar-refractivity contribution < 1.29 is 14.3 Å². The van der Waals surface area contributed by atoms with Gasteiger partial charge in [0.05, 0.1) is 18.6 Å². The molecule has 3 fully saturated rings. The van der Waals surface area contributed by atoms with E-state index < -0.39 is 5.41 Å². The number of rotatable bonds is 3. The van der Waals surface area contributed by atoms with Crippen LogP contribution in [0.25, 0.3) is 0 Å². The van der Waals surface area contributed by atoms with E-state index in [9.17, 15) is 9.59 Å². The number of morpholine rings is 1. The Morgan fingerprint density at radius 2 is 1.82 bits per heavy atom. The molecule has 0 spiro atoms. The summed E-state index contributed by atoms with van der Waals surface area (Å²) in [6.07, 6.45) is 5.03. The molecule has 3 aliphatic rings. The molecule has 1 aromatic carbocycles. The maximum absolute atomic E-state index is 14.0. The van der Waals surface area contributed by atoms with Crippen molar-refractivity contribution in [1.29, 1.82) is 0 Å². The van der Waals surface area contributed by atoms with E-state index in [1.807, 2.05) is 41.0 Å². The van der Waals surface area contributed by atoms with Crippen LogP contribution in [-0.2, 0) is 9.53 Å². The third-order valence-corrected chi connectivity index (χ3v) is 7.30. The second-order valence-electron chi connectivity index (χ2n) is 9.41. The zero-order valence-electron chi connectivity index (χ0n) is 19.2. The van der Waals surface area contributed by atoms with Crippen molar-refractivity contribution in [3.05, 3.63) is 53.9 Å². The van der Waals surface area contributed by atoms with Crippen molar-refractivity contribution in [3.8, 4) is 0 Å². The van der Waals surface area contributed by atoms with Crippen molar-refractivity contribution in [2.45, 2.75) is 19.8 Å². The fourth-order valence-electron chi connectivity index (χ4n) is 5.62. The number of aromatic nitrogens is 2. The molecule has 0 bridgehead atoms. The first kappa shape index (κ1) is 21.8. The number of nitrogens with zero attached hydrogens (tertiary/aromatic N) is 5. The number of likely N-dealkylation sites (tertiary alicyclic amines) is 1. The number of anilines is 1. The lowest BCUT2D eigenvalue weighted by Crippen LogP contribution is -2.53. The Hall–Kier alpha value is -3.00. The Bertz CT molecular complexity index is 1010. The monoisotopic (exact) mass is 449 g/mol. The number of hydrogen-bond acceptors (Lipinski definition) is 6. The molecule has 0 N–H and O–H groups in total. The van der Waals surface area contributed by atoms with E-state index in [0.29, 0.717) is 64.0 Å². The topological polar surface area (TPSA) is 78.9 Å². The van der Waals surface area contributed by atoms with Gasteiger partial charge in [-0.1, -0.05) is 17.7 Å². The molecule has 8 heteroatoms. The summed E-state index contributed by atoms with van der Waals surface area (Å²) in [4.78, 5) is 42.3. The predicted octanol–water partition coefficient (Wildman–Crippen LogP) is 2.00. The third-order valence-electron chi connectivity index (χ3n) is 7.30. The van der Waals surface area contributed by atoms with Crippen LogP contribution in [-0.4, -0.2) is 84.1 Å². The van der Waals surface area contributed by atoms with Gasteiger partial charge in [0.1, 0.15) is 0 Å². The number of hydrogen-bond donors (Lipinski definition) is 0. The molecule has 33 heavy (non-hydrogen) atoms. The van der Waals surface area contributed by atoms with E-state index in [-0.39, 0.29) is 17.7 Å². The average Bonchev–Trinajstić information content (AvgIpc) is 3.13. The van der Waals surface area contributed by atoms with Gasteiger partial charge in [0, 0.05) is 63.1 Å². The van der Waals surface area contributed by atoms with Gasteiger partial charge in [0.2, 0.25) is 11.9 Å². The quantitative estimate of drug-likeness (QED) is 0.713. The molecule has 0 saturated carbocycles. The van der Waals surface area contributed by atoms with Gasteiger partial charge in [-0.05, 0) is 38.0 Å². The highest BCUT2D eigenvalue weighted by molar-refractivity contribution is 5.94. The molecular formula is C25H31N5O3. The van der Waals surface area contributed by atoms with E-state index >= 15 is 0 Å². The van der Waals surface area contributed by atoms with Crippen LogP contribution in [0.5, 0.6) is 0 Å². The van der Waals surface area contributed by atoms with Gasteiger partial charge in [-0.15, -0.1) is 0 Å². The van der Waals surface area contributed by atoms with Gasteiger partial charge >= 0.3 is 0 Å². The van der Waals surface area contributed by atoms with Crippen molar-refractivity contribution in [1.82, 2.24) is 19.8 Å². The zero-order chi connectivity index (χ0) is 22.8. The highest BCUT2D eigenvalue weighted by atomic mass is 16.5. The molecule has 0 unspecified atom stereocenters. The second-order valence-corrected chi connectivity index (χ2v) is 9.41. The smallest absolute Gasteiger partial charge is 0.253 e. The lowest BCUT2D eigenvalue weighted by Gasteiger charge is -2.38. The molecule has 174 valence electrons. The molecule has 2 atom stereocenters. The fraction of sp³-hybridized carbons (Fsp3) is 0.520. The van der Waals surface area contributed by atoms with E-state index in [1.165, 1.54) is 0 Å². The Balaban J connectivity index is 1.45. The van der Waals surface area contributed by atoms with Gasteiger partial charge in [-0.25, -0.2) is 9.97 Å². The Kier molecular flexibility index (Phi) is 6.01. The number of ether oxygens (including phenoxy) is 1. The summed E-state index contributed by atoms with van der Waals surface area (Å²) < 4.78 is 5.49. The highest BCUT2D eigenvalue weighted by Gasteiger charge is 2.55. The Labute approximate surface area is 194 Å². The first-order valence-electron chi connectivity index (χ1n) is 11.8. The Morgan fingerprint density at radius 3 is 2.58 bits per heavy atom. The van der Waals surface area contributed by atoms with E-state index in [4.69, 9.17) is 4.74 Å². The molecule has 2 amide bonds. The standard InChI is InChI=1S/C25H31N5O3/c1-19-5-2-6-20(15-19)22(31)29-10-3-7-25(23(32)28-11-13-33-14-12-28)18-30(17-21(25)16-29)24-26-8-4-9-27-24/h2,4-6,8-9,15,21H,3,7,10-14,16-18H2,1H3/t21-,25-/m1/s1. The van der Waals surface area contributed by atoms with Crippen LogP contribution in [0.3, 0.4) is 0 Å². The molecule has 4 heterocycles. The molecule has 0 radical (unpaired) electrons. The summed E-state index contributed by atoms with van der Waals surface area (Å²) in [6.45, 7) is 6.89. The van der Waals surface area contributed by atoms with Crippen LogP contribution in [0.15, 0.2) is 42.7 Å². The van der Waals surface area contributed by atoms with E-state index in [0.717, 1.165) is 18.4 Å². The van der Waals surface area contributed by atoms with E-state index in [1.54, 1.807) is 18.5 Å². The minimum Gasteiger partial charge on any atom is -0.378 e. The molecule has 3 aliphatic heterocycles. The maximum atomic E-state index is 14.0. The number of fused-ring (bicyclic) bond motifs is 1. The van der Waals surface area contributed by atoms with Crippen molar-refractivity contribution >= 4 is 17.8 Å². The summed E-state index contributed by atoms with van der Waals surface area (Å²) in [7, 11) is 0. The van der Waals surface area contributed by atoms with Crippen LogP contribution in [0.4, 0.5) is 5.95 Å². The van der Waals surface area contributed by atoms with Crippen LogP contribution in [0.1, 0.15) is 28.8 Å². The number of amides is 2. The van der Waals surface area contributed by atoms with Crippen molar-refractivity contribution in [2.24, 2.45) is 11.3 Å². The first-order valence-corrected chi connectivity index (χ1v) is 11.8.